The molecule has 0 spiro atoms. The Bertz CT molecular complexity index is 1690. The van der Waals surface area contributed by atoms with Crippen LogP contribution in [-0.2, 0) is 28.6 Å². The number of carbonyl (C=O) groups excluding carboxylic acids is 3. The fourth-order valence-corrected chi connectivity index (χ4v) is 6.62. The molecule has 1 atom stereocenters. The van der Waals surface area contributed by atoms with Crippen molar-refractivity contribution in [3.05, 3.63) is 170 Å². The van der Waals surface area contributed by atoms with E-state index in [1.54, 1.807) is 0 Å². The third-order valence-corrected chi connectivity index (χ3v) is 10.7. The molecule has 71 heavy (non-hydrogen) atoms. The smallest absolute Gasteiger partial charge is 0.306 e. The van der Waals surface area contributed by atoms with Crippen LogP contribution in [-0.4, -0.2) is 37.2 Å². The fourth-order valence-electron chi connectivity index (χ4n) is 6.62. The van der Waals surface area contributed by atoms with Gasteiger partial charge < -0.3 is 14.2 Å². The number of allylic oxidation sites excluding steroid dienone is 28. The molecular weight excluding hydrogens is 877 g/mol. The number of hydrogen-bond acceptors (Lipinski definition) is 6. The van der Waals surface area contributed by atoms with Gasteiger partial charge in [-0.05, 0) is 141 Å². The summed E-state index contributed by atoms with van der Waals surface area (Å²) in [5, 5.41) is 0. The van der Waals surface area contributed by atoms with Crippen LogP contribution in [0.1, 0.15) is 201 Å². The number of esters is 3. The van der Waals surface area contributed by atoms with Gasteiger partial charge in [0.25, 0.3) is 0 Å². The van der Waals surface area contributed by atoms with Crippen LogP contribution in [0.3, 0.4) is 0 Å². The molecule has 6 heteroatoms. The zero-order valence-corrected chi connectivity index (χ0v) is 44.9. The van der Waals surface area contributed by atoms with E-state index in [4.69, 9.17) is 14.2 Å². The SMILES string of the molecule is CC/C=C\C/C=C\C/C=C\C/C=C\C/C=C\CCCCCC(=O)OC[C@H](COC(=O)CC/C=C\C/C=C\C/C=C\C/C=C\C/C=C\CCCCC)OC(=O)CCCC/C=C\C/C=C\C/C=C\C/C=C\CC. The third kappa shape index (κ3) is 55.6. The summed E-state index contributed by atoms with van der Waals surface area (Å²) < 4.78 is 16.7. The van der Waals surface area contributed by atoms with E-state index in [0.717, 1.165) is 122 Å². The van der Waals surface area contributed by atoms with Crippen LogP contribution in [0.4, 0.5) is 0 Å². The predicted octanol–water partition coefficient (Wildman–Crippen LogP) is 18.8. The van der Waals surface area contributed by atoms with Gasteiger partial charge >= 0.3 is 17.9 Å². The first-order valence-electron chi connectivity index (χ1n) is 27.6. The second kappa shape index (κ2) is 57.3. The molecule has 0 N–H and O–H groups in total. The summed E-state index contributed by atoms with van der Waals surface area (Å²) in [7, 11) is 0. The number of hydrogen-bond donors (Lipinski definition) is 0. The van der Waals surface area contributed by atoms with Gasteiger partial charge in [-0.15, -0.1) is 0 Å². The highest BCUT2D eigenvalue weighted by atomic mass is 16.6. The number of carbonyl (C=O) groups is 3. The van der Waals surface area contributed by atoms with E-state index < -0.39 is 6.10 Å². The van der Waals surface area contributed by atoms with E-state index in [1.807, 2.05) is 12.2 Å². The summed E-state index contributed by atoms with van der Waals surface area (Å²) in [5.41, 5.74) is 0. The minimum absolute atomic E-state index is 0.144. The lowest BCUT2D eigenvalue weighted by atomic mass is 10.1. The Morgan fingerprint density at radius 3 is 0.944 bits per heavy atom. The molecule has 0 aromatic rings. The Hall–Kier alpha value is -5.23. The molecule has 0 fully saturated rings. The molecule has 0 saturated heterocycles. The molecular formula is C65H98O6. The molecule has 0 aromatic heterocycles. The van der Waals surface area contributed by atoms with Gasteiger partial charge in [-0.2, -0.15) is 0 Å². The number of ether oxygens (including phenoxy) is 3. The van der Waals surface area contributed by atoms with Gasteiger partial charge in [-0.3, -0.25) is 14.4 Å². The van der Waals surface area contributed by atoms with E-state index in [0.29, 0.717) is 12.8 Å². The molecule has 394 valence electrons. The standard InChI is InChI=1S/C65H98O6/c1-4-7-10-13-16-19-22-25-28-30-32-34-37-39-42-45-48-51-54-57-63(66)69-60-62(71-65(68)59-56-53-50-47-44-41-36-27-24-21-18-15-12-9-6-3)61-70-64(67)58-55-52-49-46-43-40-38-35-33-31-29-26-23-20-17-14-11-8-5-2/h7,9-10,12,16-21,25-29,32-36,39-40,42-44,47,49,52,62H,4-6,8,11,13-15,22-24,30-31,37-38,41,45-46,48,50-51,53-61H2,1-3H3/b10-7-,12-9-,19-16-,20-17-,21-18-,28-25-,29-26-,34-32-,35-33-,36-27-,42-39-,43-40-,47-44-,52-49-/t62-/m1/s1. The van der Waals surface area contributed by atoms with Crippen LogP contribution in [0.5, 0.6) is 0 Å². The molecule has 0 amide bonds. The van der Waals surface area contributed by atoms with Crippen molar-refractivity contribution in [3.63, 3.8) is 0 Å². The molecule has 0 aliphatic heterocycles. The maximum atomic E-state index is 12.8. The molecule has 0 aliphatic rings. The van der Waals surface area contributed by atoms with Crippen LogP contribution in [0, 0.1) is 0 Å². The Morgan fingerprint density at radius 2 is 0.577 bits per heavy atom. The van der Waals surface area contributed by atoms with Crippen LogP contribution in [0.25, 0.3) is 0 Å². The van der Waals surface area contributed by atoms with Crippen molar-refractivity contribution >= 4 is 17.9 Å². The van der Waals surface area contributed by atoms with Gasteiger partial charge in [0, 0.05) is 19.3 Å². The molecule has 6 nitrogen and oxygen atoms in total. The number of rotatable bonds is 47. The lowest BCUT2D eigenvalue weighted by molar-refractivity contribution is -0.166. The van der Waals surface area contributed by atoms with Gasteiger partial charge in [0.1, 0.15) is 13.2 Å². The zero-order valence-electron chi connectivity index (χ0n) is 44.9. The van der Waals surface area contributed by atoms with E-state index in [2.05, 4.69) is 179 Å². The highest BCUT2D eigenvalue weighted by Gasteiger charge is 2.19. The van der Waals surface area contributed by atoms with E-state index >= 15 is 0 Å². The summed E-state index contributed by atoms with van der Waals surface area (Å²) in [5.74, 6) is -1.11. The molecule has 0 radical (unpaired) electrons. The van der Waals surface area contributed by atoms with Crippen LogP contribution < -0.4 is 0 Å². The van der Waals surface area contributed by atoms with Crippen molar-refractivity contribution < 1.29 is 28.6 Å². The van der Waals surface area contributed by atoms with Crippen LogP contribution in [0.15, 0.2) is 170 Å². The predicted molar refractivity (Wildman–Crippen MR) is 306 cm³/mol. The highest BCUT2D eigenvalue weighted by molar-refractivity contribution is 5.71. The molecule has 0 aliphatic carbocycles. The highest BCUT2D eigenvalue weighted by Crippen LogP contribution is 2.10. The van der Waals surface area contributed by atoms with E-state index in [-0.39, 0.29) is 50.4 Å². The lowest BCUT2D eigenvalue weighted by Gasteiger charge is -2.18. The van der Waals surface area contributed by atoms with Crippen molar-refractivity contribution in [2.75, 3.05) is 13.2 Å². The Balaban J connectivity index is 4.65. The summed E-state index contributed by atoms with van der Waals surface area (Å²) in [6.07, 6.45) is 84.9. The quantitative estimate of drug-likeness (QED) is 0.0262. The zero-order chi connectivity index (χ0) is 51.4. The molecule has 0 saturated carbocycles. The number of unbranched alkanes of at least 4 members (excludes halogenated alkanes) is 8. The first-order chi connectivity index (χ1) is 35.0. The molecule has 0 heterocycles. The average Bonchev–Trinajstić information content (AvgIpc) is 3.37. The summed E-state index contributed by atoms with van der Waals surface area (Å²) in [4.78, 5) is 38.1. The fraction of sp³-hybridized carbons (Fsp3) is 0.523. The largest absolute Gasteiger partial charge is 0.462 e. The van der Waals surface area contributed by atoms with Gasteiger partial charge in [-0.1, -0.05) is 210 Å². The minimum atomic E-state index is -0.854. The monoisotopic (exact) mass is 975 g/mol. The van der Waals surface area contributed by atoms with Crippen molar-refractivity contribution in [3.8, 4) is 0 Å². The second-order valence-electron chi connectivity index (χ2n) is 17.4. The van der Waals surface area contributed by atoms with Crippen LogP contribution >= 0.6 is 0 Å². The Kier molecular flexibility index (Phi) is 53.1. The maximum absolute atomic E-state index is 12.8. The van der Waals surface area contributed by atoms with E-state index in [1.165, 1.54) is 25.7 Å². The third-order valence-electron chi connectivity index (χ3n) is 10.7. The van der Waals surface area contributed by atoms with Crippen molar-refractivity contribution in [1.82, 2.24) is 0 Å². The minimum Gasteiger partial charge on any atom is -0.462 e. The molecule has 0 bridgehead atoms. The van der Waals surface area contributed by atoms with Gasteiger partial charge in [0.2, 0.25) is 0 Å². The van der Waals surface area contributed by atoms with Crippen molar-refractivity contribution in [2.45, 2.75) is 207 Å². The summed E-state index contributed by atoms with van der Waals surface area (Å²) in [6, 6.07) is 0. The Labute approximate surface area is 434 Å². The molecule has 0 unspecified atom stereocenters. The van der Waals surface area contributed by atoms with Crippen LogP contribution in [0.2, 0.25) is 0 Å². The summed E-state index contributed by atoms with van der Waals surface area (Å²) in [6.45, 7) is 6.23. The van der Waals surface area contributed by atoms with Crippen molar-refractivity contribution in [1.29, 1.82) is 0 Å². The maximum Gasteiger partial charge on any atom is 0.306 e. The first kappa shape index (κ1) is 65.8. The topological polar surface area (TPSA) is 78.9 Å². The molecule has 0 rings (SSSR count). The molecule has 0 aromatic carbocycles. The average molecular weight is 975 g/mol. The van der Waals surface area contributed by atoms with E-state index in [9.17, 15) is 14.4 Å². The lowest BCUT2D eigenvalue weighted by Crippen LogP contribution is -2.30. The Morgan fingerprint density at radius 1 is 0.296 bits per heavy atom. The van der Waals surface area contributed by atoms with Gasteiger partial charge in [0.15, 0.2) is 6.10 Å². The van der Waals surface area contributed by atoms with Crippen molar-refractivity contribution in [2.24, 2.45) is 0 Å². The van der Waals surface area contributed by atoms with Gasteiger partial charge in [0.05, 0.1) is 0 Å². The first-order valence-corrected chi connectivity index (χ1v) is 27.6. The second-order valence-corrected chi connectivity index (χ2v) is 17.4. The van der Waals surface area contributed by atoms with Gasteiger partial charge in [-0.25, -0.2) is 0 Å². The normalized spacial score (nSPS) is 13.5. The summed E-state index contributed by atoms with van der Waals surface area (Å²) >= 11 is 0.